The number of rotatable bonds is 2. The monoisotopic (exact) mass is 283 g/mol. The van der Waals surface area contributed by atoms with Crippen LogP contribution in [0.15, 0.2) is 22.7 Å². The summed E-state index contributed by atoms with van der Waals surface area (Å²) in [6, 6.07) is 5.79. The number of anilines is 1. The molecular weight excluding hydrogens is 270 g/mol. The number of amides is 1. The Morgan fingerprint density at radius 3 is 3.00 bits per heavy atom. The minimum Gasteiger partial charge on any atom is -0.368 e. The highest BCUT2D eigenvalue weighted by atomic mass is 79.9. The summed E-state index contributed by atoms with van der Waals surface area (Å²) in [5.41, 5.74) is 1.89. The van der Waals surface area contributed by atoms with Crippen LogP contribution in [0.1, 0.15) is 18.4 Å². The summed E-state index contributed by atoms with van der Waals surface area (Å²) in [4.78, 5) is 11.8. The first-order valence-corrected chi connectivity index (χ1v) is 6.15. The van der Waals surface area contributed by atoms with Gasteiger partial charge in [-0.05, 0) is 43.5 Å². The standard InChI is InChI=1S/C12H14BrNO2/c1-8-7-9(13)4-5-10(8)14-12(15)11-3-2-6-16-11/h4-5,7,11H,2-3,6H2,1H3,(H,14,15)/t11-/m0/s1. The topological polar surface area (TPSA) is 38.3 Å². The highest BCUT2D eigenvalue weighted by molar-refractivity contribution is 9.10. The van der Waals surface area contributed by atoms with Crippen molar-refractivity contribution in [3.8, 4) is 0 Å². The molecule has 0 bridgehead atoms. The van der Waals surface area contributed by atoms with Gasteiger partial charge in [0.15, 0.2) is 0 Å². The molecule has 1 atom stereocenters. The zero-order valence-electron chi connectivity index (χ0n) is 9.13. The number of benzene rings is 1. The summed E-state index contributed by atoms with van der Waals surface area (Å²) >= 11 is 3.39. The number of hydrogen-bond donors (Lipinski definition) is 1. The molecule has 3 nitrogen and oxygen atoms in total. The van der Waals surface area contributed by atoms with E-state index < -0.39 is 0 Å². The maximum atomic E-state index is 11.8. The average molecular weight is 284 g/mol. The average Bonchev–Trinajstić information content (AvgIpc) is 2.75. The molecule has 86 valence electrons. The Balaban J connectivity index is 2.05. The lowest BCUT2D eigenvalue weighted by Crippen LogP contribution is -2.27. The molecule has 0 unspecified atom stereocenters. The van der Waals surface area contributed by atoms with E-state index in [0.717, 1.165) is 28.6 Å². The summed E-state index contributed by atoms with van der Waals surface area (Å²) in [5, 5.41) is 2.89. The van der Waals surface area contributed by atoms with Crippen molar-refractivity contribution in [3.63, 3.8) is 0 Å². The number of hydrogen-bond acceptors (Lipinski definition) is 2. The van der Waals surface area contributed by atoms with E-state index in [2.05, 4.69) is 21.2 Å². The lowest BCUT2D eigenvalue weighted by atomic mass is 10.2. The molecule has 1 heterocycles. The van der Waals surface area contributed by atoms with Crippen LogP contribution in [-0.4, -0.2) is 18.6 Å². The third-order valence-electron chi connectivity index (χ3n) is 2.67. The smallest absolute Gasteiger partial charge is 0.253 e. The van der Waals surface area contributed by atoms with E-state index in [1.165, 1.54) is 0 Å². The normalized spacial score (nSPS) is 19.8. The maximum absolute atomic E-state index is 11.8. The zero-order chi connectivity index (χ0) is 11.5. The molecule has 0 saturated carbocycles. The van der Waals surface area contributed by atoms with Gasteiger partial charge in [0.2, 0.25) is 0 Å². The second-order valence-corrected chi connectivity index (χ2v) is 4.87. The Labute approximate surface area is 103 Å². The number of halogens is 1. The van der Waals surface area contributed by atoms with Crippen molar-refractivity contribution in [1.29, 1.82) is 0 Å². The van der Waals surface area contributed by atoms with Crippen LogP contribution in [0.2, 0.25) is 0 Å². The van der Waals surface area contributed by atoms with Crippen molar-refractivity contribution in [1.82, 2.24) is 0 Å². The maximum Gasteiger partial charge on any atom is 0.253 e. The largest absolute Gasteiger partial charge is 0.368 e. The molecule has 1 amide bonds. The Hall–Kier alpha value is -0.870. The Kier molecular flexibility index (Phi) is 3.61. The van der Waals surface area contributed by atoms with Crippen molar-refractivity contribution in [2.24, 2.45) is 0 Å². The van der Waals surface area contributed by atoms with Crippen LogP contribution in [0.3, 0.4) is 0 Å². The zero-order valence-corrected chi connectivity index (χ0v) is 10.7. The van der Waals surface area contributed by atoms with Crippen LogP contribution in [0, 0.1) is 6.92 Å². The van der Waals surface area contributed by atoms with E-state index in [9.17, 15) is 4.79 Å². The molecule has 1 aliphatic heterocycles. The summed E-state index contributed by atoms with van der Waals surface area (Å²) in [5.74, 6) is -0.0390. The van der Waals surface area contributed by atoms with Gasteiger partial charge in [0.25, 0.3) is 5.91 Å². The molecule has 1 fully saturated rings. The predicted octanol–water partition coefficient (Wildman–Crippen LogP) is 2.88. The van der Waals surface area contributed by atoms with Crippen LogP contribution in [0.4, 0.5) is 5.69 Å². The highest BCUT2D eigenvalue weighted by Gasteiger charge is 2.23. The molecule has 0 aliphatic carbocycles. The van der Waals surface area contributed by atoms with Gasteiger partial charge in [-0.25, -0.2) is 0 Å². The SMILES string of the molecule is Cc1cc(Br)ccc1NC(=O)[C@@H]1CCCO1. The Bertz CT molecular complexity index is 400. The van der Waals surface area contributed by atoms with Gasteiger partial charge in [0.1, 0.15) is 6.10 Å². The molecular formula is C12H14BrNO2. The number of nitrogens with one attached hydrogen (secondary N) is 1. The molecule has 0 radical (unpaired) electrons. The summed E-state index contributed by atoms with van der Waals surface area (Å²) in [6.45, 7) is 2.66. The Morgan fingerprint density at radius 2 is 2.38 bits per heavy atom. The van der Waals surface area contributed by atoms with Crippen molar-refractivity contribution >= 4 is 27.5 Å². The highest BCUT2D eigenvalue weighted by Crippen LogP contribution is 2.21. The quantitative estimate of drug-likeness (QED) is 0.906. The minimum absolute atomic E-state index is 0.0390. The number of aryl methyl sites for hydroxylation is 1. The van der Waals surface area contributed by atoms with Gasteiger partial charge < -0.3 is 10.1 Å². The Morgan fingerprint density at radius 1 is 1.56 bits per heavy atom. The summed E-state index contributed by atoms with van der Waals surface area (Å²) < 4.78 is 6.34. The van der Waals surface area contributed by atoms with E-state index in [-0.39, 0.29) is 12.0 Å². The number of ether oxygens (including phenoxy) is 1. The lowest BCUT2D eigenvalue weighted by Gasteiger charge is -2.12. The van der Waals surface area contributed by atoms with Gasteiger partial charge in [-0.2, -0.15) is 0 Å². The second kappa shape index (κ2) is 4.97. The fourth-order valence-electron chi connectivity index (χ4n) is 1.76. The third kappa shape index (κ3) is 2.62. The van der Waals surface area contributed by atoms with Crippen molar-refractivity contribution in [2.45, 2.75) is 25.9 Å². The molecule has 2 rings (SSSR count). The molecule has 1 aliphatic rings. The minimum atomic E-state index is -0.275. The molecule has 1 N–H and O–H groups in total. The van der Waals surface area contributed by atoms with E-state index in [1.807, 2.05) is 25.1 Å². The first-order chi connectivity index (χ1) is 7.66. The molecule has 1 aromatic rings. The molecule has 1 aromatic carbocycles. The lowest BCUT2D eigenvalue weighted by molar-refractivity contribution is -0.124. The molecule has 0 spiro atoms. The van der Waals surface area contributed by atoms with Gasteiger partial charge in [-0.1, -0.05) is 15.9 Å². The van der Waals surface area contributed by atoms with Gasteiger partial charge in [0, 0.05) is 16.8 Å². The molecule has 16 heavy (non-hydrogen) atoms. The summed E-state index contributed by atoms with van der Waals surface area (Å²) in [7, 11) is 0. The third-order valence-corrected chi connectivity index (χ3v) is 3.16. The van der Waals surface area contributed by atoms with Crippen LogP contribution in [0.25, 0.3) is 0 Å². The number of carbonyl (C=O) groups is 1. The molecule has 0 aromatic heterocycles. The fraction of sp³-hybridized carbons (Fsp3) is 0.417. The molecule has 4 heteroatoms. The van der Waals surface area contributed by atoms with Gasteiger partial charge >= 0.3 is 0 Å². The first kappa shape index (κ1) is 11.6. The van der Waals surface area contributed by atoms with Crippen LogP contribution in [-0.2, 0) is 9.53 Å². The van der Waals surface area contributed by atoms with E-state index in [0.29, 0.717) is 6.61 Å². The van der Waals surface area contributed by atoms with Gasteiger partial charge in [-0.15, -0.1) is 0 Å². The van der Waals surface area contributed by atoms with Gasteiger partial charge in [0.05, 0.1) is 0 Å². The van der Waals surface area contributed by atoms with Crippen molar-refractivity contribution in [3.05, 3.63) is 28.2 Å². The van der Waals surface area contributed by atoms with Crippen LogP contribution >= 0.6 is 15.9 Å². The van der Waals surface area contributed by atoms with E-state index >= 15 is 0 Å². The second-order valence-electron chi connectivity index (χ2n) is 3.95. The summed E-state index contributed by atoms with van der Waals surface area (Å²) in [6.07, 6.45) is 1.52. The first-order valence-electron chi connectivity index (χ1n) is 5.35. The molecule has 1 saturated heterocycles. The van der Waals surface area contributed by atoms with E-state index in [4.69, 9.17) is 4.74 Å². The predicted molar refractivity (Wildman–Crippen MR) is 66.5 cm³/mol. The van der Waals surface area contributed by atoms with Gasteiger partial charge in [-0.3, -0.25) is 4.79 Å². The fourth-order valence-corrected chi connectivity index (χ4v) is 2.24. The van der Waals surface area contributed by atoms with Crippen molar-refractivity contribution in [2.75, 3.05) is 11.9 Å². The van der Waals surface area contributed by atoms with Crippen LogP contribution < -0.4 is 5.32 Å². The number of carbonyl (C=O) groups excluding carboxylic acids is 1. The van der Waals surface area contributed by atoms with Crippen molar-refractivity contribution < 1.29 is 9.53 Å². The van der Waals surface area contributed by atoms with E-state index in [1.54, 1.807) is 0 Å². The van der Waals surface area contributed by atoms with Crippen LogP contribution in [0.5, 0.6) is 0 Å².